The second-order valence-corrected chi connectivity index (χ2v) is 6.14. The molecule has 0 unspecified atom stereocenters. The van der Waals surface area contributed by atoms with E-state index < -0.39 is 0 Å². The predicted octanol–water partition coefficient (Wildman–Crippen LogP) is 2.20. The van der Waals surface area contributed by atoms with Gasteiger partial charge in [0.25, 0.3) is 0 Å². The third-order valence-electron chi connectivity index (χ3n) is 4.56. The Morgan fingerprint density at radius 3 is 2.00 bits per heavy atom. The highest BCUT2D eigenvalue weighted by atomic mass is 16.5. The summed E-state index contributed by atoms with van der Waals surface area (Å²) in [6.45, 7) is -0.0860. The second-order valence-electron chi connectivity index (χ2n) is 6.14. The Labute approximate surface area is 126 Å². The van der Waals surface area contributed by atoms with Gasteiger partial charge < -0.3 is 14.6 Å². The van der Waals surface area contributed by atoms with Crippen LogP contribution in [0.1, 0.15) is 57.8 Å². The fourth-order valence-corrected chi connectivity index (χ4v) is 3.27. The number of rotatable bonds is 5. The van der Waals surface area contributed by atoms with Crippen molar-refractivity contribution in [3.63, 3.8) is 0 Å². The molecule has 120 valence electrons. The lowest BCUT2D eigenvalue weighted by Crippen LogP contribution is -2.31. The van der Waals surface area contributed by atoms with Gasteiger partial charge >= 0.3 is 11.9 Å². The number of carbonyl (C=O) groups excluding carboxylic acids is 2. The lowest BCUT2D eigenvalue weighted by molar-refractivity contribution is -0.160. The molecule has 0 radical (unpaired) electrons. The average Bonchev–Trinajstić information content (AvgIpc) is 2.53. The highest BCUT2D eigenvalue weighted by molar-refractivity contribution is 5.75. The standard InChI is InChI=1S/C16H26O5/c17-10-11-20-15(18)12-6-8-13(9-7-12)16(19)21-14-4-2-1-3-5-14/h12-14,17H,1-11H2. The molecule has 2 rings (SSSR count). The van der Waals surface area contributed by atoms with Crippen molar-refractivity contribution < 1.29 is 24.2 Å². The third-order valence-corrected chi connectivity index (χ3v) is 4.56. The van der Waals surface area contributed by atoms with E-state index in [4.69, 9.17) is 14.6 Å². The topological polar surface area (TPSA) is 72.8 Å². The smallest absolute Gasteiger partial charge is 0.309 e. The van der Waals surface area contributed by atoms with Crippen LogP contribution in [0.25, 0.3) is 0 Å². The van der Waals surface area contributed by atoms with Crippen LogP contribution >= 0.6 is 0 Å². The van der Waals surface area contributed by atoms with Gasteiger partial charge in [-0.15, -0.1) is 0 Å². The van der Waals surface area contributed by atoms with E-state index in [9.17, 15) is 9.59 Å². The molecule has 0 aromatic heterocycles. The van der Waals surface area contributed by atoms with Crippen molar-refractivity contribution in [1.82, 2.24) is 0 Å². The molecule has 5 heteroatoms. The Kier molecular flexibility index (Phi) is 6.49. The minimum Gasteiger partial charge on any atom is -0.463 e. The van der Waals surface area contributed by atoms with Crippen LogP contribution in [0.15, 0.2) is 0 Å². The van der Waals surface area contributed by atoms with Crippen LogP contribution in [0, 0.1) is 11.8 Å². The minimum atomic E-state index is -0.247. The number of hydrogen-bond donors (Lipinski definition) is 1. The lowest BCUT2D eigenvalue weighted by atomic mass is 9.82. The van der Waals surface area contributed by atoms with E-state index in [1.165, 1.54) is 6.42 Å². The largest absolute Gasteiger partial charge is 0.463 e. The molecule has 0 bridgehead atoms. The van der Waals surface area contributed by atoms with Gasteiger partial charge in [-0.1, -0.05) is 6.42 Å². The van der Waals surface area contributed by atoms with Crippen molar-refractivity contribution in [1.29, 1.82) is 0 Å². The van der Waals surface area contributed by atoms with E-state index in [1.54, 1.807) is 0 Å². The Hall–Kier alpha value is -1.10. The van der Waals surface area contributed by atoms with Crippen molar-refractivity contribution in [2.75, 3.05) is 13.2 Å². The summed E-state index contributed by atoms with van der Waals surface area (Å²) in [6.07, 6.45) is 8.40. The molecule has 0 aromatic rings. The van der Waals surface area contributed by atoms with Gasteiger partial charge in [-0.05, 0) is 51.4 Å². The maximum atomic E-state index is 12.1. The van der Waals surface area contributed by atoms with E-state index in [1.807, 2.05) is 0 Å². The number of hydrogen-bond acceptors (Lipinski definition) is 5. The molecule has 5 nitrogen and oxygen atoms in total. The molecular weight excluding hydrogens is 272 g/mol. The zero-order chi connectivity index (χ0) is 15.1. The van der Waals surface area contributed by atoms with Gasteiger partial charge in [0.1, 0.15) is 12.7 Å². The molecule has 21 heavy (non-hydrogen) atoms. The number of esters is 2. The maximum Gasteiger partial charge on any atom is 0.309 e. The van der Waals surface area contributed by atoms with Gasteiger partial charge in [0.15, 0.2) is 0 Å². The quantitative estimate of drug-likeness (QED) is 0.788. The fraction of sp³-hybridized carbons (Fsp3) is 0.875. The van der Waals surface area contributed by atoms with Crippen molar-refractivity contribution in [2.24, 2.45) is 11.8 Å². The Balaban J connectivity index is 1.70. The lowest BCUT2D eigenvalue weighted by Gasteiger charge is -2.28. The molecule has 2 fully saturated rings. The molecule has 0 spiro atoms. The molecule has 0 aliphatic heterocycles. The first kappa shape index (κ1) is 16.3. The summed E-state index contributed by atoms with van der Waals surface area (Å²) < 4.78 is 10.5. The molecule has 0 saturated heterocycles. The monoisotopic (exact) mass is 298 g/mol. The predicted molar refractivity (Wildman–Crippen MR) is 76.5 cm³/mol. The molecular formula is C16H26O5. The van der Waals surface area contributed by atoms with Crippen LogP contribution < -0.4 is 0 Å². The summed E-state index contributed by atoms with van der Waals surface area (Å²) in [5.41, 5.74) is 0. The minimum absolute atomic E-state index is 0.0580. The van der Waals surface area contributed by atoms with Crippen molar-refractivity contribution in [2.45, 2.75) is 63.9 Å². The van der Waals surface area contributed by atoms with Crippen LogP contribution in [0.4, 0.5) is 0 Å². The molecule has 0 amide bonds. The SMILES string of the molecule is O=C(OCCO)C1CCC(C(=O)OC2CCCCC2)CC1. The van der Waals surface area contributed by atoms with Crippen molar-refractivity contribution in [3.8, 4) is 0 Å². The third kappa shape index (κ3) is 4.99. The van der Waals surface area contributed by atoms with E-state index >= 15 is 0 Å². The highest BCUT2D eigenvalue weighted by Crippen LogP contribution is 2.31. The van der Waals surface area contributed by atoms with Gasteiger partial charge in [0, 0.05) is 0 Å². The first-order valence-electron chi connectivity index (χ1n) is 8.18. The first-order chi connectivity index (χ1) is 10.2. The molecule has 0 heterocycles. The van der Waals surface area contributed by atoms with E-state index in [-0.39, 0.29) is 43.1 Å². The summed E-state index contributed by atoms with van der Waals surface area (Å²) in [7, 11) is 0. The maximum absolute atomic E-state index is 12.1. The van der Waals surface area contributed by atoms with E-state index in [0.717, 1.165) is 25.7 Å². The van der Waals surface area contributed by atoms with Crippen LogP contribution in [0.5, 0.6) is 0 Å². The summed E-state index contributed by atoms with van der Waals surface area (Å²) in [6, 6.07) is 0. The number of aliphatic hydroxyl groups is 1. The number of carbonyl (C=O) groups is 2. The van der Waals surface area contributed by atoms with Crippen LogP contribution in [0.3, 0.4) is 0 Å². The van der Waals surface area contributed by atoms with E-state index in [2.05, 4.69) is 0 Å². The van der Waals surface area contributed by atoms with Crippen molar-refractivity contribution in [3.05, 3.63) is 0 Å². The normalized spacial score (nSPS) is 27.1. The van der Waals surface area contributed by atoms with Gasteiger partial charge in [-0.2, -0.15) is 0 Å². The molecule has 0 aromatic carbocycles. The molecule has 0 atom stereocenters. The van der Waals surface area contributed by atoms with Gasteiger partial charge in [0.05, 0.1) is 18.4 Å². The molecule has 1 N–H and O–H groups in total. The molecule has 2 aliphatic rings. The zero-order valence-electron chi connectivity index (χ0n) is 12.6. The Morgan fingerprint density at radius 1 is 0.857 bits per heavy atom. The highest BCUT2D eigenvalue weighted by Gasteiger charge is 2.32. The first-order valence-corrected chi connectivity index (χ1v) is 8.18. The van der Waals surface area contributed by atoms with Gasteiger partial charge in [0.2, 0.25) is 0 Å². The summed E-state index contributed by atoms with van der Waals surface area (Å²) in [4.78, 5) is 23.8. The summed E-state index contributed by atoms with van der Waals surface area (Å²) in [5.74, 6) is -0.517. The Morgan fingerprint density at radius 2 is 1.43 bits per heavy atom. The average molecular weight is 298 g/mol. The number of ether oxygens (including phenoxy) is 2. The van der Waals surface area contributed by atoms with E-state index in [0.29, 0.717) is 25.7 Å². The van der Waals surface area contributed by atoms with Gasteiger partial charge in [-0.3, -0.25) is 9.59 Å². The summed E-state index contributed by atoms with van der Waals surface area (Å²) in [5, 5.41) is 8.65. The van der Waals surface area contributed by atoms with Crippen LogP contribution in [-0.4, -0.2) is 36.4 Å². The van der Waals surface area contributed by atoms with Gasteiger partial charge in [-0.25, -0.2) is 0 Å². The summed E-state index contributed by atoms with van der Waals surface area (Å²) >= 11 is 0. The molecule has 2 saturated carbocycles. The molecule has 2 aliphatic carbocycles. The van der Waals surface area contributed by atoms with Crippen LogP contribution in [-0.2, 0) is 19.1 Å². The fourth-order valence-electron chi connectivity index (χ4n) is 3.27. The van der Waals surface area contributed by atoms with Crippen LogP contribution in [0.2, 0.25) is 0 Å². The number of aliphatic hydroxyl groups excluding tert-OH is 1. The van der Waals surface area contributed by atoms with Crippen molar-refractivity contribution >= 4 is 11.9 Å². The Bertz CT molecular complexity index is 341. The zero-order valence-corrected chi connectivity index (χ0v) is 12.6. The second kappa shape index (κ2) is 8.37.